The number of carbonyl (C=O) groups excluding carboxylic acids is 4. The normalized spacial score (nSPS) is 14.6. The predicted molar refractivity (Wildman–Crippen MR) is 87.8 cm³/mol. The largest absolute Gasteiger partial charge is 0.449 e. The Bertz CT molecular complexity index is 708. The van der Waals surface area contributed by atoms with Crippen LogP contribution in [0.15, 0.2) is 0 Å². The molecule has 24 heavy (non-hydrogen) atoms. The lowest BCUT2D eigenvalue weighted by Crippen LogP contribution is -2.42. The molecule has 2 rings (SSSR count). The number of anilines is 1. The van der Waals surface area contributed by atoms with Crippen LogP contribution in [0.1, 0.15) is 40.6 Å². The molecule has 9 heteroatoms. The second kappa shape index (κ2) is 7.00. The molecule has 8 nitrogen and oxygen atoms in total. The number of ether oxygens (including phenoxy) is 1. The fourth-order valence-electron chi connectivity index (χ4n) is 2.02. The lowest BCUT2D eigenvalue weighted by atomic mass is 10.1. The number of imide groups is 1. The molecule has 1 atom stereocenters. The third-order valence-corrected chi connectivity index (χ3v) is 4.80. The molecule has 0 radical (unpaired) electrons. The number of hydrogen-bond acceptors (Lipinski definition) is 6. The first-order valence-electron chi connectivity index (χ1n) is 7.42. The van der Waals surface area contributed by atoms with Gasteiger partial charge >= 0.3 is 12.0 Å². The van der Waals surface area contributed by atoms with E-state index in [-0.39, 0.29) is 17.4 Å². The van der Waals surface area contributed by atoms with Crippen LogP contribution in [0.4, 0.5) is 9.80 Å². The number of carbonyl (C=O) groups is 4. The van der Waals surface area contributed by atoms with Gasteiger partial charge in [-0.05, 0) is 39.2 Å². The fourth-order valence-corrected chi connectivity index (χ4v) is 3.07. The Morgan fingerprint density at radius 2 is 1.88 bits per heavy atom. The molecule has 1 aliphatic rings. The molecule has 1 aliphatic carbocycles. The Hall–Kier alpha value is -2.42. The Labute approximate surface area is 142 Å². The monoisotopic (exact) mass is 353 g/mol. The number of nitrogens with two attached hydrogens (primary N) is 1. The molecule has 0 bridgehead atoms. The van der Waals surface area contributed by atoms with Crippen LogP contribution >= 0.6 is 11.3 Å². The molecule has 1 unspecified atom stereocenters. The summed E-state index contributed by atoms with van der Waals surface area (Å²) in [6.45, 7) is 4.89. The maximum Gasteiger partial charge on any atom is 0.342 e. The maximum absolute atomic E-state index is 12.4. The van der Waals surface area contributed by atoms with Crippen LogP contribution in [0.25, 0.3) is 0 Å². The lowest BCUT2D eigenvalue weighted by molar-refractivity contribution is -0.127. The Morgan fingerprint density at radius 1 is 1.25 bits per heavy atom. The highest BCUT2D eigenvalue weighted by Gasteiger charge is 2.32. The number of thiophene rings is 1. The van der Waals surface area contributed by atoms with Crippen molar-refractivity contribution in [3.05, 3.63) is 16.0 Å². The number of nitrogens with one attached hydrogen (secondary N) is 2. The van der Waals surface area contributed by atoms with Crippen LogP contribution in [0.3, 0.4) is 0 Å². The zero-order valence-electron chi connectivity index (χ0n) is 13.6. The summed E-state index contributed by atoms with van der Waals surface area (Å²) in [7, 11) is 0. The second-order valence-corrected chi connectivity index (χ2v) is 6.88. The number of amides is 4. The first kappa shape index (κ1) is 17.9. The van der Waals surface area contributed by atoms with E-state index in [9.17, 15) is 19.2 Å². The fraction of sp³-hybridized carbons (Fsp3) is 0.467. The van der Waals surface area contributed by atoms with Gasteiger partial charge in [-0.25, -0.2) is 9.59 Å². The van der Waals surface area contributed by atoms with Crippen molar-refractivity contribution in [3.8, 4) is 0 Å². The van der Waals surface area contributed by atoms with Crippen molar-refractivity contribution in [2.75, 3.05) is 5.32 Å². The molecule has 0 spiro atoms. The average molecular weight is 353 g/mol. The minimum absolute atomic E-state index is 0.00292. The summed E-state index contributed by atoms with van der Waals surface area (Å²) in [5, 5.41) is 5.01. The summed E-state index contributed by atoms with van der Waals surface area (Å²) in [6, 6.07) is -1.03. The molecule has 1 aromatic heterocycles. The van der Waals surface area contributed by atoms with Crippen LogP contribution in [0.5, 0.6) is 0 Å². The highest BCUT2D eigenvalue weighted by atomic mass is 32.1. The zero-order chi connectivity index (χ0) is 18.0. The summed E-state index contributed by atoms with van der Waals surface area (Å²) in [4.78, 5) is 47.5. The van der Waals surface area contributed by atoms with Gasteiger partial charge in [-0.2, -0.15) is 0 Å². The Kier molecular flexibility index (Phi) is 5.23. The molecule has 0 aromatic carbocycles. The molecule has 0 aliphatic heterocycles. The smallest absolute Gasteiger partial charge is 0.342 e. The van der Waals surface area contributed by atoms with E-state index >= 15 is 0 Å². The summed E-state index contributed by atoms with van der Waals surface area (Å²) < 4.78 is 5.09. The van der Waals surface area contributed by atoms with Crippen molar-refractivity contribution in [1.29, 1.82) is 0 Å². The van der Waals surface area contributed by atoms with E-state index in [1.54, 1.807) is 6.92 Å². The van der Waals surface area contributed by atoms with Crippen LogP contribution in [0, 0.1) is 19.8 Å². The van der Waals surface area contributed by atoms with Crippen molar-refractivity contribution in [3.63, 3.8) is 0 Å². The number of hydrogen-bond donors (Lipinski definition) is 3. The molecular weight excluding hydrogens is 334 g/mol. The average Bonchev–Trinajstić information content (AvgIpc) is 3.26. The summed E-state index contributed by atoms with van der Waals surface area (Å²) >= 11 is 1.28. The van der Waals surface area contributed by atoms with E-state index in [0.29, 0.717) is 10.6 Å². The first-order valence-corrected chi connectivity index (χ1v) is 8.24. The van der Waals surface area contributed by atoms with Gasteiger partial charge in [-0.3, -0.25) is 14.9 Å². The SMILES string of the molecule is Cc1sc(NC(=O)C2CC2)c(C(=O)OC(C)C(=O)NC(N)=O)c1C. The predicted octanol–water partition coefficient (Wildman–Crippen LogP) is 1.45. The zero-order valence-corrected chi connectivity index (χ0v) is 14.4. The number of primary amides is 1. The molecule has 1 aromatic rings. The number of esters is 1. The van der Waals surface area contributed by atoms with Crippen molar-refractivity contribution < 1.29 is 23.9 Å². The first-order chi connectivity index (χ1) is 11.2. The van der Waals surface area contributed by atoms with E-state index in [1.165, 1.54) is 18.3 Å². The summed E-state index contributed by atoms with van der Waals surface area (Å²) in [6.07, 6.45) is 0.495. The highest BCUT2D eigenvalue weighted by Crippen LogP contribution is 2.36. The molecule has 4 N–H and O–H groups in total. The molecule has 4 amide bonds. The van der Waals surface area contributed by atoms with Crippen LogP contribution < -0.4 is 16.4 Å². The van der Waals surface area contributed by atoms with Gasteiger partial charge in [0.2, 0.25) is 5.91 Å². The van der Waals surface area contributed by atoms with Crippen molar-refractivity contribution in [1.82, 2.24) is 5.32 Å². The second-order valence-electron chi connectivity index (χ2n) is 5.65. The third kappa shape index (κ3) is 4.10. The molecule has 1 fully saturated rings. The standard InChI is InChI=1S/C15H19N3O5S/c1-6-8(3)24-13(17-12(20)9-4-5-9)10(6)14(21)23-7(2)11(19)18-15(16)22/h7,9H,4-5H2,1-3H3,(H,17,20)(H3,16,18,19,22). The van der Waals surface area contributed by atoms with Crippen LogP contribution in [-0.2, 0) is 14.3 Å². The summed E-state index contributed by atoms with van der Waals surface area (Å²) in [5.41, 5.74) is 5.76. The maximum atomic E-state index is 12.4. The van der Waals surface area contributed by atoms with Crippen molar-refractivity contribution in [2.24, 2.45) is 11.7 Å². The molecule has 1 saturated carbocycles. The Morgan fingerprint density at radius 3 is 2.42 bits per heavy atom. The van der Waals surface area contributed by atoms with Gasteiger partial charge in [-0.15, -0.1) is 11.3 Å². The van der Waals surface area contributed by atoms with Gasteiger partial charge in [0.25, 0.3) is 5.91 Å². The van der Waals surface area contributed by atoms with Gasteiger partial charge in [0.15, 0.2) is 6.10 Å². The van der Waals surface area contributed by atoms with Crippen LogP contribution in [-0.4, -0.2) is 29.9 Å². The topological polar surface area (TPSA) is 128 Å². The number of aryl methyl sites for hydroxylation is 1. The third-order valence-electron chi connectivity index (χ3n) is 3.67. The van der Waals surface area contributed by atoms with Crippen LogP contribution in [0.2, 0.25) is 0 Å². The van der Waals surface area contributed by atoms with Gasteiger partial charge in [0.05, 0.1) is 5.56 Å². The van der Waals surface area contributed by atoms with Crippen molar-refractivity contribution >= 4 is 40.2 Å². The van der Waals surface area contributed by atoms with E-state index < -0.39 is 24.0 Å². The van der Waals surface area contributed by atoms with E-state index in [0.717, 1.165) is 17.7 Å². The van der Waals surface area contributed by atoms with Gasteiger partial charge in [0.1, 0.15) is 5.00 Å². The lowest BCUT2D eigenvalue weighted by Gasteiger charge is -2.13. The minimum atomic E-state index is -1.20. The molecule has 130 valence electrons. The Balaban J connectivity index is 2.14. The van der Waals surface area contributed by atoms with E-state index in [2.05, 4.69) is 5.32 Å². The minimum Gasteiger partial charge on any atom is -0.449 e. The van der Waals surface area contributed by atoms with E-state index in [4.69, 9.17) is 10.5 Å². The quantitative estimate of drug-likeness (QED) is 0.690. The molecular formula is C15H19N3O5S. The van der Waals surface area contributed by atoms with Crippen molar-refractivity contribution in [2.45, 2.75) is 39.7 Å². The highest BCUT2D eigenvalue weighted by molar-refractivity contribution is 7.16. The number of rotatable bonds is 5. The van der Waals surface area contributed by atoms with Gasteiger partial charge < -0.3 is 15.8 Å². The molecule has 0 saturated heterocycles. The van der Waals surface area contributed by atoms with Gasteiger partial charge in [0, 0.05) is 10.8 Å². The number of urea groups is 1. The van der Waals surface area contributed by atoms with Gasteiger partial charge in [-0.1, -0.05) is 0 Å². The molecule has 1 heterocycles. The summed E-state index contributed by atoms with van der Waals surface area (Å²) in [5.74, 6) is -1.68. The van der Waals surface area contributed by atoms with E-state index in [1.807, 2.05) is 12.2 Å².